The second-order valence-corrected chi connectivity index (χ2v) is 4.47. The molecule has 0 aliphatic carbocycles. The number of aromatic carboxylic acids is 1. The van der Waals surface area contributed by atoms with Crippen molar-refractivity contribution in [3.05, 3.63) is 58.9 Å². The number of nitrogens with zero attached hydrogens (tertiary/aromatic N) is 1. The Hall–Kier alpha value is -2.36. The number of rotatable bonds is 4. The first-order valence-electron chi connectivity index (χ1n) is 6.06. The van der Waals surface area contributed by atoms with Gasteiger partial charge in [0, 0.05) is 5.69 Å². The zero-order chi connectivity index (χ0) is 13.8. The summed E-state index contributed by atoms with van der Waals surface area (Å²) in [4.78, 5) is 14.9. The van der Waals surface area contributed by atoms with Gasteiger partial charge in [0.05, 0.1) is 12.2 Å². The van der Waals surface area contributed by atoms with Gasteiger partial charge < -0.3 is 10.4 Å². The summed E-state index contributed by atoms with van der Waals surface area (Å²) in [6.07, 6.45) is 0. The predicted octanol–water partition coefficient (Wildman–Crippen LogP) is 3.01. The molecular formula is C15H16N2O2. The van der Waals surface area contributed by atoms with Gasteiger partial charge in [0.1, 0.15) is 5.69 Å². The molecule has 1 aromatic carbocycles. The van der Waals surface area contributed by atoms with Crippen molar-refractivity contribution in [2.75, 3.05) is 5.32 Å². The van der Waals surface area contributed by atoms with Gasteiger partial charge in [-0.05, 0) is 49.2 Å². The summed E-state index contributed by atoms with van der Waals surface area (Å²) in [5, 5.41) is 12.1. The second-order valence-electron chi connectivity index (χ2n) is 4.47. The number of pyridine rings is 1. The number of carboxylic acids is 1. The van der Waals surface area contributed by atoms with E-state index in [0.29, 0.717) is 12.2 Å². The van der Waals surface area contributed by atoms with Crippen LogP contribution in [0.25, 0.3) is 0 Å². The minimum Gasteiger partial charge on any atom is -0.477 e. The van der Waals surface area contributed by atoms with Gasteiger partial charge in [0.15, 0.2) is 0 Å². The lowest BCUT2D eigenvalue weighted by Crippen LogP contribution is -2.06. The minimum absolute atomic E-state index is 0.0689. The Labute approximate surface area is 112 Å². The first-order chi connectivity index (χ1) is 9.06. The fraction of sp³-hybridized carbons (Fsp3) is 0.200. The quantitative estimate of drug-likeness (QED) is 0.882. The highest BCUT2D eigenvalue weighted by atomic mass is 16.4. The number of hydrogen-bond donors (Lipinski definition) is 2. The summed E-state index contributed by atoms with van der Waals surface area (Å²) < 4.78 is 0. The molecule has 0 atom stereocenters. The van der Waals surface area contributed by atoms with E-state index in [-0.39, 0.29) is 5.69 Å². The van der Waals surface area contributed by atoms with Crippen molar-refractivity contribution in [3.8, 4) is 0 Å². The van der Waals surface area contributed by atoms with E-state index in [1.165, 1.54) is 17.2 Å². The fourth-order valence-corrected chi connectivity index (χ4v) is 1.74. The lowest BCUT2D eigenvalue weighted by atomic mass is 10.1. The van der Waals surface area contributed by atoms with Crippen LogP contribution in [0, 0.1) is 13.8 Å². The van der Waals surface area contributed by atoms with Crippen LogP contribution in [0.2, 0.25) is 0 Å². The number of benzene rings is 1. The fourth-order valence-electron chi connectivity index (χ4n) is 1.74. The molecule has 4 heteroatoms. The number of aromatic nitrogens is 1. The van der Waals surface area contributed by atoms with Crippen LogP contribution in [-0.4, -0.2) is 16.1 Å². The van der Waals surface area contributed by atoms with Crippen molar-refractivity contribution in [2.24, 2.45) is 0 Å². The number of hydrogen-bond acceptors (Lipinski definition) is 3. The van der Waals surface area contributed by atoms with Crippen LogP contribution in [0.15, 0.2) is 36.4 Å². The van der Waals surface area contributed by atoms with Gasteiger partial charge in [-0.2, -0.15) is 0 Å². The normalized spacial score (nSPS) is 10.2. The highest BCUT2D eigenvalue weighted by Gasteiger charge is 2.05. The van der Waals surface area contributed by atoms with Crippen molar-refractivity contribution in [2.45, 2.75) is 20.4 Å². The van der Waals surface area contributed by atoms with Crippen LogP contribution in [0.1, 0.15) is 27.3 Å². The van der Waals surface area contributed by atoms with Gasteiger partial charge in [-0.1, -0.05) is 12.1 Å². The van der Waals surface area contributed by atoms with Crippen LogP contribution in [0.4, 0.5) is 5.69 Å². The zero-order valence-electron chi connectivity index (χ0n) is 11.0. The molecule has 0 spiro atoms. The van der Waals surface area contributed by atoms with E-state index in [1.54, 1.807) is 12.1 Å². The van der Waals surface area contributed by atoms with Crippen molar-refractivity contribution in [1.82, 2.24) is 4.98 Å². The van der Waals surface area contributed by atoms with Gasteiger partial charge in [0.25, 0.3) is 0 Å². The maximum absolute atomic E-state index is 10.8. The standard InChI is InChI=1S/C15H16N2O2/c1-10-6-7-12(8-11(10)2)16-9-13-4-3-5-14(17-13)15(18)19/h3-8,16H,9H2,1-2H3,(H,18,19). The largest absolute Gasteiger partial charge is 0.477 e. The first kappa shape index (κ1) is 13.1. The number of carboxylic acid groups (broad SMARTS) is 1. The summed E-state index contributed by atoms with van der Waals surface area (Å²) in [6, 6.07) is 11.1. The molecule has 4 nitrogen and oxygen atoms in total. The Kier molecular flexibility index (Phi) is 3.80. The van der Waals surface area contributed by atoms with Crippen molar-refractivity contribution in [3.63, 3.8) is 0 Å². The number of anilines is 1. The average Bonchev–Trinajstić information content (AvgIpc) is 2.40. The third-order valence-corrected chi connectivity index (χ3v) is 3.01. The van der Waals surface area contributed by atoms with E-state index >= 15 is 0 Å². The molecule has 19 heavy (non-hydrogen) atoms. The molecule has 98 valence electrons. The van der Waals surface area contributed by atoms with E-state index in [9.17, 15) is 4.79 Å². The van der Waals surface area contributed by atoms with E-state index in [1.807, 2.05) is 6.07 Å². The maximum Gasteiger partial charge on any atom is 0.354 e. The molecule has 2 rings (SSSR count). The van der Waals surface area contributed by atoms with Gasteiger partial charge >= 0.3 is 5.97 Å². The van der Waals surface area contributed by atoms with Crippen LogP contribution in [0.3, 0.4) is 0 Å². The Bertz CT molecular complexity index is 609. The van der Waals surface area contributed by atoms with E-state index in [0.717, 1.165) is 5.69 Å². The molecule has 0 fully saturated rings. The molecule has 1 heterocycles. The number of carbonyl (C=O) groups is 1. The van der Waals surface area contributed by atoms with Gasteiger partial charge in [0.2, 0.25) is 0 Å². The molecule has 0 saturated carbocycles. The summed E-state index contributed by atoms with van der Waals surface area (Å²) in [7, 11) is 0. The van der Waals surface area contributed by atoms with Gasteiger partial charge in [-0.25, -0.2) is 9.78 Å². The predicted molar refractivity (Wildman–Crippen MR) is 74.4 cm³/mol. The molecule has 0 bridgehead atoms. The average molecular weight is 256 g/mol. The van der Waals surface area contributed by atoms with Gasteiger partial charge in [-0.3, -0.25) is 0 Å². The first-order valence-corrected chi connectivity index (χ1v) is 6.06. The molecule has 0 saturated heterocycles. The van der Waals surface area contributed by atoms with E-state index in [4.69, 9.17) is 5.11 Å². The minimum atomic E-state index is -1.01. The maximum atomic E-state index is 10.8. The third kappa shape index (κ3) is 3.31. The van der Waals surface area contributed by atoms with Crippen molar-refractivity contribution >= 4 is 11.7 Å². The van der Waals surface area contributed by atoms with Crippen LogP contribution < -0.4 is 5.32 Å². The molecule has 2 N–H and O–H groups in total. The third-order valence-electron chi connectivity index (χ3n) is 3.01. The lowest BCUT2D eigenvalue weighted by Gasteiger charge is -2.08. The summed E-state index contributed by atoms with van der Waals surface area (Å²) in [5.41, 5.74) is 4.25. The Balaban J connectivity index is 2.07. The highest BCUT2D eigenvalue weighted by molar-refractivity contribution is 5.85. The summed E-state index contributed by atoms with van der Waals surface area (Å²) >= 11 is 0. The molecule has 0 aliphatic heterocycles. The van der Waals surface area contributed by atoms with Crippen LogP contribution in [-0.2, 0) is 6.54 Å². The van der Waals surface area contributed by atoms with Crippen molar-refractivity contribution < 1.29 is 9.90 Å². The highest BCUT2D eigenvalue weighted by Crippen LogP contribution is 2.14. The summed E-state index contributed by atoms with van der Waals surface area (Å²) in [6.45, 7) is 4.63. The number of aryl methyl sites for hydroxylation is 2. The lowest BCUT2D eigenvalue weighted by molar-refractivity contribution is 0.0690. The second kappa shape index (κ2) is 5.52. The smallest absolute Gasteiger partial charge is 0.354 e. The Morgan fingerprint density at radius 3 is 2.68 bits per heavy atom. The number of nitrogens with one attached hydrogen (secondary N) is 1. The van der Waals surface area contributed by atoms with E-state index in [2.05, 4.69) is 36.3 Å². The molecular weight excluding hydrogens is 240 g/mol. The molecule has 2 aromatic rings. The van der Waals surface area contributed by atoms with Crippen LogP contribution >= 0.6 is 0 Å². The van der Waals surface area contributed by atoms with E-state index < -0.39 is 5.97 Å². The topological polar surface area (TPSA) is 62.2 Å². The SMILES string of the molecule is Cc1ccc(NCc2cccc(C(=O)O)n2)cc1C. The Morgan fingerprint density at radius 2 is 2.00 bits per heavy atom. The monoisotopic (exact) mass is 256 g/mol. The molecule has 0 radical (unpaired) electrons. The molecule has 1 aromatic heterocycles. The van der Waals surface area contributed by atoms with Gasteiger partial charge in [-0.15, -0.1) is 0 Å². The zero-order valence-corrected chi connectivity index (χ0v) is 11.0. The summed E-state index contributed by atoms with van der Waals surface area (Å²) in [5.74, 6) is -1.01. The molecule has 0 amide bonds. The molecule has 0 aliphatic rings. The van der Waals surface area contributed by atoms with Crippen LogP contribution in [0.5, 0.6) is 0 Å². The Morgan fingerprint density at radius 1 is 1.21 bits per heavy atom. The van der Waals surface area contributed by atoms with Crippen molar-refractivity contribution in [1.29, 1.82) is 0 Å². The molecule has 0 unspecified atom stereocenters.